The molecule has 0 saturated carbocycles. The maximum Gasteiger partial charge on any atom is 0.139 e. The molecule has 14 heavy (non-hydrogen) atoms. The molecule has 0 saturated heterocycles. The van der Waals surface area contributed by atoms with Crippen molar-refractivity contribution < 1.29 is 0 Å². The molecule has 2 aromatic rings. The van der Waals surface area contributed by atoms with Crippen LogP contribution in [0.25, 0.3) is 0 Å². The van der Waals surface area contributed by atoms with Crippen LogP contribution in [0.4, 0.5) is 0 Å². The highest BCUT2D eigenvalue weighted by Gasteiger charge is 2.09. The van der Waals surface area contributed by atoms with Gasteiger partial charge in [-0.3, -0.25) is 4.68 Å². The molecular weight excluding hydrogens is 178 g/mol. The summed E-state index contributed by atoms with van der Waals surface area (Å²) in [6.45, 7) is 3.83. The Balaban J connectivity index is 2.66. The Morgan fingerprint density at radius 2 is 1.93 bits per heavy atom. The van der Waals surface area contributed by atoms with E-state index in [-0.39, 0.29) is 0 Å². The van der Waals surface area contributed by atoms with Crippen molar-refractivity contribution in [3.63, 3.8) is 0 Å². The Labute approximate surface area is 81.2 Å². The van der Waals surface area contributed by atoms with E-state index in [0.29, 0.717) is 5.56 Å². The lowest BCUT2D eigenvalue weighted by Crippen LogP contribution is -2.10. The summed E-state index contributed by atoms with van der Waals surface area (Å²) < 4.78 is 3.63. The van der Waals surface area contributed by atoms with E-state index in [1.54, 1.807) is 17.3 Å². The molecule has 5 heteroatoms. The van der Waals surface area contributed by atoms with E-state index >= 15 is 0 Å². The molecule has 5 nitrogen and oxygen atoms in total. The van der Waals surface area contributed by atoms with Gasteiger partial charge in [-0.1, -0.05) is 0 Å². The Morgan fingerprint density at radius 1 is 1.29 bits per heavy atom. The van der Waals surface area contributed by atoms with Crippen LogP contribution in [0.5, 0.6) is 0 Å². The first kappa shape index (κ1) is 8.51. The van der Waals surface area contributed by atoms with Crippen molar-refractivity contribution in [3.8, 4) is 6.07 Å². The Bertz CT molecular complexity index is 486. The number of aromatic nitrogens is 4. The minimum atomic E-state index is 0.677. The van der Waals surface area contributed by atoms with Gasteiger partial charge in [-0.2, -0.15) is 5.26 Å². The summed E-state index contributed by atoms with van der Waals surface area (Å²) in [5.41, 5.74) is 2.56. The molecule has 0 bridgehead atoms. The second-order valence-electron chi connectivity index (χ2n) is 3.05. The third-order valence-corrected chi connectivity index (χ3v) is 2.15. The van der Waals surface area contributed by atoms with Gasteiger partial charge >= 0.3 is 0 Å². The van der Waals surface area contributed by atoms with Crippen molar-refractivity contribution in [1.82, 2.24) is 19.5 Å². The average molecular weight is 187 g/mol. The minimum absolute atomic E-state index is 0.677. The first-order valence-corrected chi connectivity index (χ1v) is 4.18. The molecular formula is C9H9N5. The summed E-state index contributed by atoms with van der Waals surface area (Å²) >= 11 is 0. The van der Waals surface area contributed by atoms with Crippen molar-refractivity contribution in [2.75, 3.05) is 0 Å². The van der Waals surface area contributed by atoms with E-state index in [1.165, 1.54) is 0 Å². The van der Waals surface area contributed by atoms with Gasteiger partial charge in [-0.25, -0.2) is 4.68 Å². The molecule has 0 fully saturated rings. The summed E-state index contributed by atoms with van der Waals surface area (Å²) in [7, 11) is 0. The largest absolute Gasteiger partial charge is 0.255 e. The van der Waals surface area contributed by atoms with Crippen LogP contribution in [0.15, 0.2) is 18.7 Å². The fourth-order valence-electron chi connectivity index (χ4n) is 1.52. The molecule has 0 aliphatic carbocycles. The van der Waals surface area contributed by atoms with E-state index in [9.17, 15) is 0 Å². The molecule has 0 spiro atoms. The number of hydrogen-bond acceptors (Lipinski definition) is 3. The molecule has 70 valence electrons. The summed E-state index contributed by atoms with van der Waals surface area (Å²) in [6, 6.07) is 3.99. The van der Waals surface area contributed by atoms with Gasteiger partial charge in [-0.05, 0) is 19.9 Å². The highest BCUT2D eigenvalue weighted by atomic mass is 15.5. The summed E-state index contributed by atoms with van der Waals surface area (Å²) in [5, 5.41) is 16.3. The van der Waals surface area contributed by atoms with Crippen LogP contribution >= 0.6 is 0 Å². The van der Waals surface area contributed by atoms with E-state index in [0.717, 1.165) is 11.4 Å². The molecule has 2 heterocycles. The molecule has 0 aliphatic rings. The zero-order valence-corrected chi connectivity index (χ0v) is 7.97. The second-order valence-corrected chi connectivity index (χ2v) is 3.05. The van der Waals surface area contributed by atoms with Crippen LogP contribution in [-0.2, 0) is 0 Å². The highest BCUT2D eigenvalue weighted by Crippen LogP contribution is 2.13. The Hall–Kier alpha value is -2.09. The highest BCUT2D eigenvalue weighted by molar-refractivity contribution is 5.37. The van der Waals surface area contributed by atoms with Crippen molar-refractivity contribution in [3.05, 3.63) is 35.7 Å². The van der Waals surface area contributed by atoms with Crippen molar-refractivity contribution in [2.45, 2.75) is 13.8 Å². The molecule has 0 amide bonds. The third-order valence-electron chi connectivity index (χ3n) is 2.15. The lowest BCUT2D eigenvalue weighted by Gasteiger charge is -2.07. The lowest BCUT2D eigenvalue weighted by molar-refractivity contribution is 0.621. The van der Waals surface area contributed by atoms with Crippen molar-refractivity contribution in [1.29, 1.82) is 5.26 Å². The summed E-state index contributed by atoms with van der Waals surface area (Å²) in [5.74, 6) is 0. The van der Waals surface area contributed by atoms with Gasteiger partial charge in [0.1, 0.15) is 18.7 Å². The van der Waals surface area contributed by atoms with E-state index in [1.807, 2.05) is 24.6 Å². The van der Waals surface area contributed by atoms with Crippen LogP contribution in [0.2, 0.25) is 0 Å². The normalized spacial score (nSPS) is 10.1. The number of rotatable bonds is 1. The second kappa shape index (κ2) is 3.00. The predicted molar refractivity (Wildman–Crippen MR) is 49.4 cm³/mol. The van der Waals surface area contributed by atoms with Gasteiger partial charge in [0.25, 0.3) is 0 Å². The molecule has 2 rings (SSSR count). The maximum atomic E-state index is 8.85. The lowest BCUT2D eigenvalue weighted by atomic mass is 10.3. The third kappa shape index (κ3) is 1.09. The number of aryl methyl sites for hydroxylation is 1. The maximum absolute atomic E-state index is 8.85. The smallest absolute Gasteiger partial charge is 0.139 e. The first-order valence-electron chi connectivity index (χ1n) is 4.18. The quantitative estimate of drug-likeness (QED) is 0.665. The van der Waals surface area contributed by atoms with E-state index < -0.39 is 0 Å². The molecule has 0 radical (unpaired) electrons. The van der Waals surface area contributed by atoms with Gasteiger partial charge in [-0.15, -0.1) is 10.2 Å². The van der Waals surface area contributed by atoms with Gasteiger partial charge in [0.2, 0.25) is 0 Å². The van der Waals surface area contributed by atoms with Gasteiger partial charge in [0, 0.05) is 5.69 Å². The Morgan fingerprint density at radius 3 is 2.43 bits per heavy atom. The summed E-state index contributed by atoms with van der Waals surface area (Å²) in [4.78, 5) is 0. The fourth-order valence-corrected chi connectivity index (χ4v) is 1.52. The molecule has 2 aromatic heterocycles. The summed E-state index contributed by atoms with van der Waals surface area (Å²) in [6.07, 6.45) is 3.20. The molecule has 0 atom stereocenters. The predicted octanol–water partition coefficient (Wildman–Crippen LogP) is 0.880. The Kier molecular flexibility index (Phi) is 1.82. The molecule has 0 N–H and O–H groups in total. The molecule has 0 unspecified atom stereocenters. The fraction of sp³-hybridized carbons (Fsp3) is 0.222. The van der Waals surface area contributed by atoms with Gasteiger partial charge in [0.15, 0.2) is 0 Å². The SMILES string of the molecule is Cc1cc(C#N)c(C)n1-n1cnnc1. The standard InChI is InChI=1S/C9H9N5/c1-7-3-9(4-10)8(2)14(7)13-5-11-12-6-13/h3,5-6H,1-2H3. The van der Waals surface area contributed by atoms with Crippen LogP contribution in [-0.4, -0.2) is 19.5 Å². The van der Waals surface area contributed by atoms with Crippen LogP contribution < -0.4 is 0 Å². The zero-order valence-electron chi connectivity index (χ0n) is 7.97. The number of hydrogen-bond donors (Lipinski definition) is 0. The molecule has 0 aromatic carbocycles. The monoisotopic (exact) mass is 187 g/mol. The minimum Gasteiger partial charge on any atom is -0.255 e. The van der Waals surface area contributed by atoms with Crippen LogP contribution in [0.3, 0.4) is 0 Å². The van der Waals surface area contributed by atoms with E-state index in [4.69, 9.17) is 5.26 Å². The zero-order chi connectivity index (χ0) is 10.1. The van der Waals surface area contributed by atoms with E-state index in [2.05, 4.69) is 16.3 Å². The van der Waals surface area contributed by atoms with Crippen molar-refractivity contribution in [2.24, 2.45) is 0 Å². The number of nitriles is 1. The van der Waals surface area contributed by atoms with Crippen molar-refractivity contribution >= 4 is 0 Å². The average Bonchev–Trinajstić information content (AvgIpc) is 2.74. The topological polar surface area (TPSA) is 59.4 Å². The number of nitrogens with zero attached hydrogens (tertiary/aromatic N) is 5. The van der Waals surface area contributed by atoms with Gasteiger partial charge in [0.05, 0.1) is 11.3 Å². The van der Waals surface area contributed by atoms with Crippen LogP contribution in [0, 0.1) is 25.2 Å². The van der Waals surface area contributed by atoms with Crippen LogP contribution in [0.1, 0.15) is 17.0 Å². The van der Waals surface area contributed by atoms with Gasteiger partial charge < -0.3 is 0 Å². The molecule has 0 aliphatic heterocycles. The first-order chi connectivity index (χ1) is 6.74.